The van der Waals surface area contributed by atoms with Gasteiger partial charge in [0.2, 0.25) is 0 Å². The van der Waals surface area contributed by atoms with Crippen molar-refractivity contribution in [2.75, 3.05) is 26.8 Å². The minimum atomic E-state index is -1.07. The van der Waals surface area contributed by atoms with Gasteiger partial charge in [-0.25, -0.2) is 4.68 Å². The van der Waals surface area contributed by atoms with Crippen molar-refractivity contribution in [3.63, 3.8) is 0 Å². The maximum absolute atomic E-state index is 12.6. The van der Waals surface area contributed by atoms with Crippen LogP contribution in [-0.4, -0.2) is 58.5 Å². The second kappa shape index (κ2) is 7.94. The molecule has 0 unspecified atom stereocenters. The van der Waals surface area contributed by atoms with E-state index in [0.717, 1.165) is 22.5 Å². The van der Waals surface area contributed by atoms with Gasteiger partial charge in [0, 0.05) is 19.3 Å². The summed E-state index contributed by atoms with van der Waals surface area (Å²) in [4.78, 5) is 24.9. The molecule has 0 aliphatic carbocycles. The average Bonchev–Trinajstić information content (AvgIpc) is 2.91. The molecule has 0 spiro atoms. The maximum Gasteiger partial charge on any atom is 0.323 e. The van der Waals surface area contributed by atoms with E-state index >= 15 is 0 Å². The van der Waals surface area contributed by atoms with E-state index < -0.39 is 18.4 Å². The summed E-state index contributed by atoms with van der Waals surface area (Å²) in [7, 11) is 1.50. The van der Waals surface area contributed by atoms with Crippen LogP contribution in [0.25, 0.3) is 5.69 Å². The van der Waals surface area contributed by atoms with Gasteiger partial charge in [0.25, 0.3) is 5.91 Å². The van der Waals surface area contributed by atoms with E-state index in [9.17, 15) is 9.59 Å². The van der Waals surface area contributed by atoms with Crippen molar-refractivity contribution < 1.29 is 19.4 Å². The molecule has 1 amide bonds. The lowest BCUT2D eigenvalue weighted by Gasteiger charge is -2.18. The first kappa shape index (κ1) is 18.7. The highest BCUT2D eigenvalue weighted by atomic mass is 16.5. The van der Waals surface area contributed by atoms with Crippen LogP contribution < -0.4 is 0 Å². The van der Waals surface area contributed by atoms with Crippen LogP contribution in [0.5, 0.6) is 0 Å². The normalized spacial score (nSPS) is 10.7. The fourth-order valence-electron chi connectivity index (χ4n) is 2.69. The second-order valence-corrected chi connectivity index (χ2v) is 6.04. The Kier molecular flexibility index (Phi) is 5.93. The number of aryl methyl sites for hydroxylation is 3. The molecule has 134 valence electrons. The number of nitrogens with zero attached hydrogens (tertiary/aromatic N) is 3. The van der Waals surface area contributed by atoms with Crippen molar-refractivity contribution in [3.05, 3.63) is 46.8 Å². The number of rotatable bonds is 7. The Labute approximate surface area is 146 Å². The van der Waals surface area contributed by atoms with E-state index in [1.54, 1.807) is 10.7 Å². The van der Waals surface area contributed by atoms with Gasteiger partial charge < -0.3 is 14.7 Å². The molecule has 7 nitrogen and oxygen atoms in total. The second-order valence-electron chi connectivity index (χ2n) is 6.04. The fourth-order valence-corrected chi connectivity index (χ4v) is 2.69. The molecule has 0 atom stereocenters. The zero-order chi connectivity index (χ0) is 18.6. The van der Waals surface area contributed by atoms with Crippen molar-refractivity contribution in [1.29, 1.82) is 0 Å². The third-order valence-electron chi connectivity index (χ3n) is 3.74. The Bertz CT molecular complexity index is 762. The summed E-state index contributed by atoms with van der Waals surface area (Å²) in [5.41, 5.74) is 4.09. The number of methoxy groups -OCH3 is 1. The summed E-state index contributed by atoms with van der Waals surface area (Å²) in [6, 6.07) is 7.71. The van der Waals surface area contributed by atoms with Crippen LogP contribution in [0.1, 0.15) is 27.3 Å². The molecule has 0 fully saturated rings. The molecule has 0 aliphatic heterocycles. The van der Waals surface area contributed by atoms with Gasteiger partial charge in [0.15, 0.2) is 5.69 Å². The van der Waals surface area contributed by atoms with Crippen LogP contribution >= 0.6 is 0 Å². The average molecular weight is 345 g/mol. The molecule has 2 aromatic rings. The number of hydrogen-bond donors (Lipinski definition) is 1. The lowest BCUT2D eigenvalue weighted by Crippen LogP contribution is -2.38. The predicted molar refractivity (Wildman–Crippen MR) is 93.2 cm³/mol. The van der Waals surface area contributed by atoms with Gasteiger partial charge >= 0.3 is 5.97 Å². The first-order valence-electron chi connectivity index (χ1n) is 7.97. The van der Waals surface area contributed by atoms with Gasteiger partial charge in [-0.15, -0.1) is 0 Å². The van der Waals surface area contributed by atoms with Crippen LogP contribution in [0.3, 0.4) is 0 Å². The van der Waals surface area contributed by atoms with Crippen molar-refractivity contribution >= 4 is 11.9 Å². The third-order valence-corrected chi connectivity index (χ3v) is 3.74. The number of carboxylic acid groups (broad SMARTS) is 1. The Morgan fingerprint density at radius 3 is 2.36 bits per heavy atom. The number of ether oxygens (including phenoxy) is 1. The molecule has 1 aromatic heterocycles. The quantitative estimate of drug-likeness (QED) is 0.829. The molecule has 25 heavy (non-hydrogen) atoms. The van der Waals surface area contributed by atoms with E-state index in [1.807, 2.05) is 32.9 Å². The number of benzene rings is 1. The van der Waals surface area contributed by atoms with Crippen molar-refractivity contribution in [1.82, 2.24) is 14.7 Å². The molecule has 0 radical (unpaired) electrons. The van der Waals surface area contributed by atoms with Gasteiger partial charge in [-0.2, -0.15) is 5.10 Å². The van der Waals surface area contributed by atoms with Gasteiger partial charge in [-0.05, 0) is 50.1 Å². The molecule has 1 aromatic carbocycles. The smallest absolute Gasteiger partial charge is 0.323 e. The monoisotopic (exact) mass is 345 g/mol. The van der Waals surface area contributed by atoms with E-state index in [1.165, 1.54) is 12.0 Å². The minimum Gasteiger partial charge on any atom is -0.480 e. The van der Waals surface area contributed by atoms with E-state index in [-0.39, 0.29) is 18.8 Å². The number of hydrogen-bond acceptors (Lipinski definition) is 4. The molecule has 0 aliphatic rings. The van der Waals surface area contributed by atoms with Crippen LogP contribution in [0, 0.1) is 20.8 Å². The van der Waals surface area contributed by atoms with Crippen LogP contribution in [0.4, 0.5) is 0 Å². The number of carbonyl (C=O) groups is 2. The van der Waals surface area contributed by atoms with E-state index in [0.29, 0.717) is 0 Å². The molecule has 1 heterocycles. The summed E-state index contributed by atoms with van der Waals surface area (Å²) in [6.07, 6.45) is 0. The summed E-state index contributed by atoms with van der Waals surface area (Å²) in [5.74, 6) is -1.50. The van der Waals surface area contributed by atoms with Crippen LogP contribution in [0.2, 0.25) is 0 Å². The molecule has 7 heteroatoms. The molecular weight excluding hydrogens is 322 g/mol. The lowest BCUT2D eigenvalue weighted by atomic mass is 10.1. The molecular formula is C18H23N3O4. The summed E-state index contributed by atoms with van der Waals surface area (Å²) >= 11 is 0. The number of carbonyl (C=O) groups excluding carboxylic acids is 1. The first-order valence-corrected chi connectivity index (χ1v) is 7.97. The molecule has 0 saturated carbocycles. The number of aliphatic carboxylic acids is 1. The molecule has 0 saturated heterocycles. The Morgan fingerprint density at radius 2 is 1.80 bits per heavy atom. The van der Waals surface area contributed by atoms with E-state index in [2.05, 4.69) is 11.2 Å². The summed E-state index contributed by atoms with van der Waals surface area (Å²) in [5, 5.41) is 13.4. The maximum atomic E-state index is 12.6. The van der Waals surface area contributed by atoms with Crippen molar-refractivity contribution in [2.45, 2.75) is 20.8 Å². The van der Waals surface area contributed by atoms with Gasteiger partial charge in [-0.1, -0.05) is 6.07 Å². The van der Waals surface area contributed by atoms with Crippen LogP contribution in [-0.2, 0) is 9.53 Å². The number of amides is 1. The lowest BCUT2D eigenvalue weighted by molar-refractivity contribution is -0.137. The third kappa shape index (κ3) is 4.67. The van der Waals surface area contributed by atoms with Crippen molar-refractivity contribution in [2.24, 2.45) is 0 Å². The number of carboxylic acids is 1. The Hall–Kier alpha value is -2.67. The summed E-state index contributed by atoms with van der Waals surface area (Å²) < 4.78 is 6.65. The number of aromatic nitrogens is 2. The topological polar surface area (TPSA) is 84.7 Å². The van der Waals surface area contributed by atoms with Gasteiger partial charge in [0.05, 0.1) is 12.3 Å². The minimum absolute atomic E-state index is 0.192. The van der Waals surface area contributed by atoms with Crippen LogP contribution in [0.15, 0.2) is 24.3 Å². The van der Waals surface area contributed by atoms with Gasteiger partial charge in [0.1, 0.15) is 6.54 Å². The zero-order valence-corrected chi connectivity index (χ0v) is 14.9. The van der Waals surface area contributed by atoms with E-state index in [4.69, 9.17) is 9.84 Å². The standard InChI is InChI=1S/C18H23N3O4/c1-12-7-13(2)9-15(8-12)21-14(3)10-16(19-21)18(24)20(5-6-25-4)11-17(22)23/h7-10H,5-6,11H2,1-4H3,(H,22,23). The Morgan fingerprint density at radius 1 is 1.16 bits per heavy atom. The highest BCUT2D eigenvalue weighted by molar-refractivity contribution is 5.94. The molecule has 0 bridgehead atoms. The highest BCUT2D eigenvalue weighted by Gasteiger charge is 2.22. The fraction of sp³-hybridized carbons (Fsp3) is 0.389. The Balaban J connectivity index is 2.33. The predicted octanol–water partition coefficient (Wildman–Crippen LogP) is 1.97. The summed E-state index contributed by atoms with van der Waals surface area (Å²) in [6.45, 7) is 5.92. The van der Waals surface area contributed by atoms with Crippen molar-refractivity contribution in [3.8, 4) is 5.69 Å². The zero-order valence-electron chi connectivity index (χ0n) is 14.9. The SMILES string of the molecule is COCCN(CC(=O)O)C(=O)c1cc(C)n(-c2cc(C)cc(C)c2)n1. The molecule has 2 rings (SSSR count). The van der Waals surface area contributed by atoms with Gasteiger partial charge in [-0.3, -0.25) is 9.59 Å². The first-order chi connectivity index (χ1) is 11.8. The molecule has 1 N–H and O–H groups in total. The highest BCUT2D eigenvalue weighted by Crippen LogP contribution is 2.17. The largest absolute Gasteiger partial charge is 0.480 e.